The normalized spacial score (nSPS) is 12.8. The fourth-order valence-electron chi connectivity index (χ4n) is 5.28. The maximum Gasteiger partial charge on any atom is 0.259 e. The summed E-state index contributed by atoms with van der Waals surface area (Å²) < 4.78 is 13.0. The Balaban J connectivity index is 1.35. The van der Waals surface area contributed by atoms with E-state index in [1.165, 1.54) is 10.3 Å². The second-order valence-corrected chi connectivity index (χ2v) is 11.9. The third-order valence-corrected chi connectivity index (χ3v) is 8.91. The summed E-state index contributed by atoms with van der Waals surface area (Å²) in [5, 5.41) is 6.10. The van der Waals surface area contributed by atoms with Crippen molar-refractivity contribution in [3.05, 3.63) is 117 Å². The number of methoxy groups -OCH3 is 1. The number of nitrogens with zero attached hydrogens (tertiary/aromatic N) is 1. The lowest BCUT2D eigenvalue weighted by atomic mass is 9.95. The molecule has 1 amide bonds. The zero-order valence-electron chi connectivity index (χ0n) is 22.7. The number of rotatable bonds is 8. The third kappa shape index (κ3) is 5.92. The van der Waals surface area contributed by atoms with Gasteiger partial charge in [-0.1, -0.05) is 76.6 Å². The van der Waals surface area contributed by atoms with Crippen molar-refractivity contribution in [3.8, 4) is 11.5 Å². The number of hydrogen-bond donors (Lipinski definition) is 1. The molecule has 0 aliphatic heterocycles. The van der Waals surface area contributed by atoms with Crippen molar-refractivity contribution in [3.63, 3.8) is 0 Å². The molecule has 1 aliphatic carbocycles. The Hall–Kier alpha value is -3.94. The number of hydrogen-bond acceptors (Lipinski definition) is 5. The van der Waals surface area contributed by atoms with Crippen molar-refractivity contribution in [1.29, 1.82) is 0 Å². The molecule has 1 heterocycles. The quantitative estimate of drug-likeness (QED) is 0.175. The van der Waals surface area contributed by atoms with Gasteiger partial charge in [-0.25, -0.2) is 4.99 Å². The van der Waals surface area contributed by atoms with E-state index in [9.17, 15) is 4.79 Å². The first-order valence-corrected chi connectivity index (χ1v) is 15.2. The van der Waals surface area contributed by atoms with Gasteiger partial charge in [0.15, 0.2) is 11.5 Å². The molecule has 7 heteroatoms. The molecule has 0 atom stereocenters. The molecule has 0 spiro atoms. The van der Waals surface area contributed by atoms with Crippen LogP contribution in [0.1, 0.15) is 44.8 Å². The topological polar surface area (TPSA) is 59.9 Å². The van der Waals surface area contributed by atoms with Gasteiger partial charge in [-0.05, 0) is 71.8 Å². The number of thiophene rings is 1. The van der Waals surface area contributed by atoms with Crippen LogP contribution in [0.25, 0.3) is 10.8 Å². The predicted molar refractivity (Wildman–Crippen MR) is 172 cm³/mol. The Bertz CT molecular complexity index is 1740. The minimum absolute atomic E-state index is 0.123. The average Bonchev–Trinajstić information content (AvgIpc) is 3.38. The van der Waals surface area contributed by atoms with Crippen LogP contribution in [0, 0.1) is 0 Å². The largest absolute Gasteiger partial charge is 0.493 e. The predicted octanol–water partition coefficient (Wildman–Crippen LogP) is 9.13. The SMILES string of the molecule is COc1cc(Br)cc(C=Nc2sc3c(c2C(=O)Nc2ccccc2)CCCC3)c1OCc1cccc2ccccc12. The molecule has 0 saturated carbocycles. The molecule has 5 aromatic rings. The number of anilines is 1. The van der Waals surface area contributed by atoms with Crippen molar-refractivity contribution in [1.82, 2.24) is 0 Å². The van der Waals surface area contributed by atoms with Crippen LogP contribution in [0.3, 0.4) is 0 Å². The van der Waals surface area contributed by atoms with Crippen LogP contribution >= 0.6 is 27.3 Å². The molecular formula is C34H29BrN2O3S. The van der Waals surface area contributed by atoms with Gasteiger partial charge < -0.3 is 14.8 Å². The van der Waals surface area contributed by atoms with Gasteiger partial charge >= 0.3 is 0 Å². The molecular weight excluding hydrogens is 596 g/mol. The number of para-hydroxylation sites is 1. The van der Waals surface area contributed by atoms with E-state index in [2.05, 4.69) is 45.5 Å². The molecule has 0 bridgehead atoms. The lowest BCUT2D eigenvalue weighted by molar-refractivity contribution is 0.102. The first-order valence-electron chi connectivity index (χ1n) is 13.6. The Labute approximate surface area is 252 Å². The third-order valence-electron chi connectivity index (χ3n) is 7.25. The fraction of sp³-hybridized carbons (Fsp3) is 0.176. The lowest BCUT2D eigenvalue weighted by Crippen LogP contribution is -2.14. The summed E-state index contributed by atoms with van der Waals surface area (Å²) in [6, 6.07) is 27.9. The maximum absolute atomic E-state index is 13.5. The first-order chi connectivity index (χ1) is 20.1. The average molecular weight is 626 g/mol. The molecule has 1 aliphatic rings. The van der Waals surface area contributed by atoms with Gasteiger partial charge in [0.1, 0.15) is 11.6 Å². The number of benzene rings is 4. The van der Waals surface area contributed by atoms with Gasteiger partial charge in [-0.15, -0.1) is 11.3 Å². The van der Waals surface area contributed by atoms with E-state index < -0.39 is 0 Å². The van der Waals surface area contributed by atoms with Crippen LogP contribution in [0.2, 0.25) is 0 Å². The van der Waals surface area contributed by atoms with E-state index in [-0.39, 0.29) is 5.91 Å². The van der Waals surface area contributed by atoms with E-state index >= 15 is 0 Å². The van der Waals surface area contributed by atoms with Crippen LogP contribution in [-0.2, 0) is 19.4 Å². The van der Waals surface area contributed by atoms with Crippen molar-refractivity contribution in [2.24, 2.45) is 4.99 Å². The monoisotopic (exact) mass is 624 g/mol. The van der Waals surface area contributed by atoms with Crippen molar-refractivity contribution >= 4 is 60.8 Å². The maximum atomic E-state index is 13.5. The second kappa shape index (κ2) is 12.3. The number of ether oxygens (including phenoxy) is 2. The van der Waals surface area contributed by atoms with Crippen LogP contribution < -0.4 is 14.8 Å². The Morgan fingerprint density at radius 2 is 1.78 bits per heavy atom. The molecule has 206 valence electrons. The van der Waals surface area contributed by atoms with Crippen LogP contribution in [0.4, 0.5) is 10.7 Å². The summed E-state index contributed by atoms with van der Waals surface area (Å²) in [6.07, 6.45) is 5.86. The van der Waals surface area contributed by atoms with E-state index in [1.54, 1.807) is 24.7 Å². The van der Waals surface area contributed by atoms with Gasteiger partial charge in [-0.2, -0.15) is 0 Å². The van der Waals surface area contributed by atoms with E-state index in [1.807, 2.05) is 60.7 Å². The number of halogens is 1. The van der Waals surface area contributed by atoms with Crippen molar-refractivity contribution in [2.75, 3.05) is 12.4 Å². The zero-order valence-corrected chi connectivity index (χ0v) is 25.1. The first kappa shape index (κ1) is 27.2. The van der Waals surface area contributed by atoms with Crippen LogP contribution in [0.15, 0.2) is 94.4 Å². The van der Waals surface area contributed by atoms with Crippen molar-refractivity contribution < 1.29 is 14.3 Å². The summed E-state index contributed by atoms with van der Waals surface area (Å²) in [7, 11) is 1.63. The molecule has 0 fully saturated rings. The van der Waals surface area contributed by atoms with Crippen LogP contribution in [-0.4, -0.2) is 19.2 Å². The van der Waals surface area contributed by atoms with Gasteiger partial charge in [0.2, 0.25) is 0 Å². The Kier molecular flexibility index (Phi) is 8.16. The summed E-state index contributed by atoms with van der Waals surface area (Å²) in [6.45, 7) is 0.373. The standard InChI is InChI=1S/C34H29BrN2O3S/c1-39-29-19-25(35)18-24(32(29)40-21-23-12-9-11-22-10-5-6-15-27(22)23)20-36-34-31(28-16-7-8-17-30(28)41-34)33(38)37-26-13-3-2-4-14-26/h2-6,9-15,18-20H,7-8,16-17,21H2,1H3,(H,37,38). The number of aliphatic imine (C=N–C) groups is 1. The van der Waals surface area contributed by atoms with Gasteiger partial charge in [-0.3, -0.25) is 4.79 Å². The summed E-state index contributed by atoms with van der Waals surface area (Å²) in [5.74, 6) is 1.08. The number of carbonyl (C=O) groups excluding carboxylic acids is 1. The number of aryl methyl sites for hydroxylation is 1. The zero-order chi connectivity index (χ0) is 28.2. The smallest absolute Gasteiger partial charge is 0.259 e. The Morgan fingerprint density at radius 3 is 2.63 bits per heavy atom. The molecule has 41 heavy (non-hydrogen) atoms. The summed E-state index contributed by atoms with van der Waals surface area (Å²) in [5.41, 5.74) is 4.41. The highest BCUT2D eigenvalue weighted by Gasteiger charge is 2.25. The van der Waals surface area contributed by atoms with E-state index in [0.717, 1.165) is 57.9 Å². The summed E-state index contributed by atoms with van der Waals surface area (Å²) >= 11 is 5.21. The highest BCUT2D eigenvalue weighted by molar-refractivity contribution is 9.10. The minimum atomic E-state index is -0.123. The summed E-state index contributed by atoms with van der Waals surface area (Å²) in [4.78, 5) is 19.7. The van der Waals surface area contributed by atoms with Crippen LogP contribution in [0.5, 0.6) is 11.5 Å². The minimum Gasteiger partial charge on any atom is -0.493 e. The van der Waals surface area contributed by atoms with E-state index in [4.69, 9.17) is 14.5 Å². The lowest BCUT2D eigenvalue weighted by Gasteiger charge is -2.15. The van der Waals surface area contributed by atoms with Crippen molar-refractivity contribution in [2.45, 2.75) is 32.3 Å². The molecule has 0 radical (unpaired) electrons. The highest BCUT2D eigenvalue weighted by atomic mass is 79.9. The van der Waals surface area contributed by atoms with Gasteiger partial charge in [0, 0.05) is 26.8 Å². The molecule has 1 N–H and O–H groups in total. The molecule has 0 unspecified atom stereocenters. The molecule has 4 aromatic carbocycles. The molecule has 6 rings (SSSR count). The molecule has 0 saturated heterocycles. The number of nitrogens with one attached hydrogen (secondary N) is 1. The van der Waals surface area contributed by atoms with Gasteiger partial charge in [0.05, 0.1) is 12.7 Å². The fourth-order valence-corrected chi connectivity index (χ4v) is 6.96. The second-order valence-electron chi connectivity index (χ2n) is 9.92. The number of amides is 1. The molecule has 5 nitrogen and oxygen atoms in total. The number of carbonyl (C=O) groups is 1. The van der Waals surface area contributed by atoms with Gasteiger partial charge in [0.25, 0.3) is 5.91 Å². The highest BCUT2D eigenvalue weighted by Crippen LogP contribution is 2.41. The molecule has 1 aromatic heterocycles. The van der Waals surface area contributed by atoms with E-state index in [0.29, 0.717) is 28.7 Å². The number of fused-ring (bicyclic) bond motifs is 2. The Morgan fingerprint density at radius 1 is 1.00 bits per heavy atom.